The fourth-order valence-corrected chi connectivity index (χ4v) is 6.54. The van der Waals surface area contributed by atoms with E-state index in [1.165, 1.54) is 0 Å². The fourth-order valence-electron chi connectivity index (χ4n) is 5.45. The zero-order valence-electron chi connectivity index (χ0n) is 29.4. The highest BCUT2D eigenvalue weighted by Crippen LogP contribution is 2.37. The summed E-state index contributed by atoms with van der Waals surface area (Å²) in [5.74, 6) is 1.21. The van der Waals surface area contributed by atoms with Crippen LogP contribution in [-0.2, 0) is 13.9 Å². The van der Waals surface area contributed by atoms with E-state index in [1.807, 2.05) is 52.0 Å². The van der Waals surface area contributed by atoms with Gasteiger partial charge in [0.25, 0.3) is 0 Å². The Hall–Kier alpha value is -3.03. The van der Waals surface area contributed by atoms with Crippen LogP contribution in [0, 0.1) is 0 Å². The Morgan fingerprint density at radius 3 is 2.48 bits per heavy atom. The number of ether oxygens (including phenoxy) is 3. The maximum atomic E-state index is 6.38. The first-order chi connectivity index (χ1) is 21.5. The Labute approximate surface area is 274 Å². The molecule has 11 nitrogen and oxygen atoms in total. The number of anilines is 1. The summed E-state index contributed by atoms with van der Waals surface area (Å²) in [5.41, 5.74) is 1.88. The van der Waals surface area contributed by atoms with Gasteiger partial charge in [-0.25, -0.2) is 14.5 Å². The number of aromatic nitrogens is 4. The van der Waals surface area contributed by atoms with Crippen LogP contribution >= 0.6 is 0 Å². The second kappa shape index (κ2) is 12.9. The summed E-state index contributed by atoms with van der Waals surface area (Å²) in [6.07, 6.45) is 6.16. The van der Waals surface area contributed by atoms with Gasteiger partial charge in [0.1, 0.15) is 23.2 Å². The molecule has 4 aromatic rings. The van der Waals surface area contributed by atoms with Gasteiger partial charge in [-0.05, 0) is 63.5 Å². The minimum absolute atomic E-state index is 0.0350. The molecular weight excluding hydrogens is 600 g/mol. The third-order valence-electron chi connectivity index (χ3n) is 9.02. The lowest BCUT2D eigenvalue weighted by atomic mass is 9.89. The number of nitrogens with zero attached hydrogens (tertiary/aromatic N) is 5. The molecular formula is C34H52N6O5Si. The van der Waals surface area contributed by atoms with Crippen molar-refractivity contribution in [3.05, 3.63) is 36.7 Å². The Morgan fingerprint density at radius 1 is 1.07 bits per heavy atom. The van der Waals surface area contributed by atoms with E-state index in [0.29, 0.717) is 17.3 Å². The van der Waals surface area contributed by atoms with Crippen LogP contribution in [0.4, 0.5) is 5.82 Å². The second-order valence-corrected chi connectivity index (χ2v) is 19.9. The standard InChI is InChI=1S/C34H52N6O5Si/c1-32(2,3)45-34(7,41-9)37-23-19-24(20-23)43-30-14-13-29-36-22-26(40(29)38-30)28-21-25-27(44-28)15-16-35-31(25)39(8)17-12-18-42-46(10,11)33(4,5)6/h13-16,21-24,37H,12,17-20H2,1-11H3/t23-,24-,34?. The molecule has 0 amide bonds. The van der Waals surface area contributed by atoms with Crippen LogP contribution in [0.2, 0.25) is 18.1 Å². The van der Waals surface area contributed by atoms with Crippen molar-refractivity contribution >= 4 is 30.8 Å². The van der Waals surface area contributed by atoms with Crippen molar-refractivity contribution in [3.8, 4) is 17.3 Å². The third-order valence-corrected chi connectivity index (χ3v) is 13.6. The number of furan rings is 1. The number of methoxy groups -OCH3 is 1. The second-order valence-electron chi connectivity index (χ2n) is 15.0. The van der Waals surface area contributed by atoms with Gasteiger partial charge in [0.05, 0.1) is 17.2 Å². The van der Waals surface area contributed by atoms with Crippen LogP contribution in [0.1, 0.15) is 67.7 Å². The maximum absolute atomic E-state index is 6.38. The van der Waals surface area contributed by atoms with Crippen molar-refractivity contribution in [2.24, 2.45) is 0 Å². The molecule has 1 unspecified atom stereocenters. The first kappa shape index (κ1) is 34.3. The molecule has 252 valence electrons. The summed E-state index contributed by atoms with van der Waals surface area (Å²) in [6.45, 7) is 20.9. The van der Waals surface area contributed by atoms with Gasteiger partial charge in [-0.15, -0.1) is 5.10 Å². The zero-order valence-corrected chi connectivity index (χ0v) is 30.4. The normalized spacial score (nSPS) is 18.9. The van der Waals surface area contributed by atoms with Crippen molar-refractivity contribution in [1.82, 2.24) is 24.9 Å². The highest BCUT2D eigenvalue weighted by Gasteiger charge is 2.39. The summed E-state index contributed by atoms with van der Waals surface area (Å²) in [7, 11) is 1.95. The molecule has 1 N–H and O–H groups in total. The summed E-state index contributed by atoms with van der Waals surface area (Å²) < 4.78 is 32.5. The summed E-state index contributed by atoms with van der Waals surface area (Å²) in [4.78, 5) is 11.4. The molecule has 0 aromatic carbocycles. The van der Waals surface area contributed by atoms with E-state index in [-0.39, 0.29) is 22.8 Å². The van der Waals surface area contributed by atoms with Crippen LogP contribution in [0.3, 0.4) is 0 Å². The van der Waals surface area contributed by atoms with E-state index in [0.717, 1.165) is 54.9 Å². The van der Waals surface area contributed by atoms with Gasteiger partial charge < -0.3 is 28.0 Å². The van der Waals surface area contributed by atoms with E-state index in [9.17, 15) is 0 Å². The van der Waals surface area contributed by atoms with Crippen molar-refractivity contribution in [3.63, 3.8) is 0 Å². The fraction of sp³-hybridized carbons (Fsp3) is 0.618. The molecule has 0 saturated heterocycles. The van der Waals surface area contributed by atoms with Crippen molar-refractivity contribution < 1.29 is 23.1 Å². The van der Waals surface area contributed by atoms with Gasteiger partial charge in [0.2, 0.25) is 11.8 Å². The molecule has 1 fully saturated rings. The molecule has 1 saturated carbocycles. The molecule has 0 aliphatic heterocycles. The van der Waals surface area contributed by atoms with Gasteiger partial charge in [0, 0.05) is 65.4 Å². The average Bonchev–Trinajstić information content (AvgIpc) is 3.56. The molecule has 46 heavy (non-hydrogen) atoms. The van der Waals surface area contributed by atoms with Crippen LogP contribution in [-0.4, -0.2) is 78.9 Å². The van der Waals surface area contributed by atoms with E-state index < -0.39 is 14.2 Å². The summed E-state index contributed by atoms with van der Waals surface area (Å²) in [5, 5.41) is 9.39. The molecule has 0 spiro atoms. The lowest BCUT2D eigenvalue weighted by Crippen LogP contribution is -2.59. The van der Waals surface area contributed by atoms with Crippen LogP contribution in [0.15, 0.2) is 41.1 Å². The first-order valence-electron chi connectivity index (χ1n) is 16.3. The molecule has 5 rings (SSSR count). The van der Waals surface area contributed by atoms with Crippen molar-refractivity contribution in [2.75, 3.05) is 32.2 Å². The summed E-state index contributed by atoms with van der Waals surface area (Å²) in [6, 6.07) is 7.90. The lowest BCUT2D eigenvalue weighted by molar-refractivity contribution is -0.281. The Morgan fingerprint density at radius 2 is 1.80 bits per heavy atom. The molecule has 0 radical (unpaired) electrons. The van der Waals surface area contributed by atoms with E-state index >= 15 is 0 Å². The molecule has 4 heterocycles. The largest absolute Gasteiger partial charge is 0.473 e. The molecule has 1 aliphatic rings. The Balaban J connectivity index is 1.24. The number of fused-ring (bicyclic) bond motifs is 2. The Bertz CT molecular complexity index is 1630. The van der Waals surface area contributed by atoms with Crippen molar-refractivity contribution in [1.29, 1.82) is 0 Å². The number of hydrogen-bond acceptors (Lipinski definition) is 10. The summed E-state index contributed by atoms with van der Waals surface area (Å²) >= 11 is 0. The highest BCUT2D eigenvalue weighted by atomic mass is 28.4. The van der Waals surface area contributed by atoms with Gasteiger partial charge in [0.15, 0.2) is 19.7 Å². The average molecular weight is 653 g/mol. The Kier molecular flexibility index (Phi) is 9.60. The monoisotopic (exact) mass is 652 g/mol. The molecule has 0 bridgehead atoms. The first-order valence-corrected chi connectivity index (χ1v) is 19.2. The topological polar surface area (TPSA) is 108 Å². The molecule has 1 aliphatic carbocycles. The zero-order chi connectivity index (χ0) is 33.5. The van der Waals surface area contributed by atoms with Gasteiger partial charge >= 0.3 is 0 Å². The smallest absolute Gasteiger partial charge is 0.232 e. The van der Waals surface area contributed by atoms with E-state index in [4.69, 9.17) is 33.1 Å². The number of nitrogens with one attached hydrogen (secondary N) is 1. The third kappa shape index (κ3) is 7.74. The molecule has 1 atom stereocenters. The number of hydrogen-bond donors (Lipinski definition) is 1. The number of pyridine rings is 1. The van der Waals surface area contributed by atoms with E-state index in [2.05, 4.69) is 56.1 Å². The number of imidazole rings is 1. The van der Waals surface area contributed by atoms with Crippen LogP contribution in [0.5, 0.6) is 5.88 Å². The van der Waals surface area contributed by atoms with Crippen LogP contribution < -0.4 is 15.0 Å². The minimum atomic E-state index is -1.77. The minimum Gasteiger partial charge on any atom is -0.473 e. The predicted octanol–water partition coefficient (Wildman–Crippen LogP) is 7.02. The molecule has 12 heteroatoms. The van der Waals surface area contributed by atoms with Crippen LogP contribution in [0.25, 0.3) is 28.1 Å². The van der Waals surface area contributed by atoms with Crippen molar-refractivity contribution in [2.45, 2.75) is 110 Å². The van der Waals surface area contributed by atoms with Gasteiger partial charge in [-0.1, -0.05) is 20.8 Å². The quantitative estimate of drug-likeness (QED) is 0.0920. The van der Waals surface area contributed by atoms with E-state index in [1.54, 1.807) is 24.0 Å². The van der Waals surface area contributed by atoms with Gasteiger partial charge in [-0.2, -0.15) is 0 Å². The highest BCUT2D eigenvalue weighted by molar-refractivity contribution is 6.74. The SMILES string of the molecule is COC(C)(N[C@H]1C[C@H](Oc2ccc3ncc(-c4cc5c(N(C)CCCO[Si](C)(C)C(C)(C)C)nccc5o4)n3n2)C1)OC(C)(C)C. The van der Waals surface area contributed by atoms with Gasteiger partial charge in [-0.3, -0.25) is 5.32 Å². The molecule has 4 aromatic heterocycles. The number of rotatable bonds is 13. The predicted molar refractivity (Wildman–Crippen MR) is 184 cm³/mol. The lowest BCUT2D eigenvalue weighted by Gasteiger charge is -2.43. The maximum Gasteiger partial charge on any atom is 0.232 e.